The maximum absolute atomic E-state index is 5.74. The summed E-state index contributed by atoms with van der Waals surface area (Å²) in [5, 5.41) is 0. The SMILES string of the molecule is c1cncc(C[C@@H]2COCCN(Cc3ncc[nH]3)C2)c1. The molecule has 2 aromatic heterocycles. The Morgan fingerprint density at radius 3 is 3.20 bits per heavy atom. The molecule has 0 unspecified atom stereocenters. The van der Waals surface area contributed by atoms with Crippen LogP contribution in [0, 0.1) is 5.92 Å². The Bertz CT molecular complexity index is 500. The molecule has 0 spiro atoms. The van der Waals surface area contributed by atoms with Gasteiger partial charge in [0.05, 0.1) is 19.8 Å². The van der Waals surface area contributed by atoms with Gasteiger partial charge in [-0.1, -0.05) is 6.07 Å². The van der Waals surface area contributed by atoms with Gasteiger partial charge in [-0.3, -0.25) is 9.88 Å². The first-order valence-electron chi connectivity index (χ1n) is 7.07. The lowest BCUT2D eigenvalue weighted by atomic mass is 10.0. The minimum Gasteiger partial charge on any atom is -0.380 e. The molecule has 0 saturated carbocycles. The van der Waals surface area contributed by atoms with E-state index in [-0.39, 0.29) is 0 Å². The monoisotopic (exact) mass is 272 g/mol. The summed E-state index contributed by atoms with van der Waals surface area (Å²) < 4.78 is 5.74. The van der Waals surface area contributed by atoms with Crippen LogP contribution in [0.3, 0.4) is 0 Å². The van der Waals surface area contributed by atoms with Crippen molar-refractivity contribution in [3.63, 3.8) is 0 Å². The van der Waals surface area contributed by atoms with Gasteiger partial charge in [-0.15, -0.1) is 0 Å². The van der Waals surface area contributed by atoms with E-state index in [1.807, 2.05) is 24.7 Å². The first-order valence-corrected chi connectivity index (χ1v) is 7.07. The van der Waals surface area contributed by atoms with Crippen LogP contribution in [0.25, 0.3) is 0 Å². The maximum atomic E-state index is 5.74. The minimum atomic E-state index is 0.511. The Balaban J connectivity index is 1.60. The summed E-state index contributed by atoms with van der Waals surface area (Å²) in [7, 11) is 0. The third-order valence-electron chi connectivity index (χ3n) is 3.60. The van der Waals surface area contributed by atoms with Crippen molar-refractivity contribution in [1.29, 1.82) is 0 Å². The Hall–Kier alpha value is -1.72. The van der Waals surface area contributed by atoms with Gasteiger partial charge in [-0.05, 0) is 24.0 Å². The van der Waals surface area contributed by atoms with Crippen molar-refractivity contribution in [1.82, 2.24) is 19.9 Å². The normalized spacial score (nSPS) is 20.7. The highest BCUT2D eigenvalue weighted by Crippen LogP contribution is 2.14. The smallest absolute Gasteiger partial charge is 0.120 e. The second kappa shape index (κ2) is 6.63. The van der Waals surface area contributed by atoms with Crippen molar-refractivity contribution < 1.29 is 4.74 Å². The summed E-state index contributed by atoms with van der Waals surface area (Å²) in [6, 6.07) is 4.13. The van der Waals surface area contributed by atoms with E-state index >= 15 is 0 Å². The van der Waals surface area contributed by atoms with Crippen molar-refractivity contribution in [2.45, 2.75) is 13.0 Å². The highest BCUT2D eigenvalue weighted by Gasteiger charge is 2.19. The van der Waals surface area contributed by atoms with E-state index in [0.717, 1.165) is 45.1 Å². The summed E-state index contributed by atoms with van der Waals surface area (Å²) in [4.78, 5) is 14.1. The van der Waals surface area contributed by atoms with Crippen LogP contribution in [0.4, 0.5) is 0 Å². The Kier molecular flexibility index (Phi) is 4.40. The second-order valence-corrected chi connectivity index (χ2v) is 5.28. The average Bonchev–Trinajstić information content (AvgIpc) is 2.87. The third kappa shape index (κ3) is 3.65. The van der Waals surface area contributed by atoms with Gasteiger partial charge in [-0.25, -0.2) is 4.98 Å². The lowest BCUT2D eigenvalue weighted by Gasteiger charge is -2.22. The fourth-order valence-corrected chi connectivity index (χ4v) is 2.67. The van der Waals surface area contributed by atoms with E-state index in [4.69, 9.17) is 4.74 Å². The molecule has 0 aromatic carbocycles. The van der Waals surface area contributed by atoms with Gasteiger partial charge in [0, 0.05) is 37.9 Å². The number of hydrogen-bond donors (Lipinski definition) is 1. The minimum absolute atomic E-state index is 0.511. The summed E-state index contributed by atoms with van der Waals surface area (Å²) in [6.45, 7) is 4.48. The number of nitrogens with zero attached hydrogens (tertiary/aromatic N) is 3. The predicted molar refractivity (Wildman–Crippen MR) is 76.1 cm³/mol. The molecule has 1 aliphatic rings. The number of aromatic amines is 1. The molecule has 5 nitrogen and oxygen atoms in total. The van der Waals surface area contributed by atoms with Crippen LogP contribution in [0.1, 0.15) is 11.4 Å². The number of imidazole rings is 1. The zero-order valence-corrected chi connectivity index (χ0v) is 11.5. The van der Waals surface area contributed by atoms with Gasteiger partial charge in [0.2, 0.25) is 0 Å². The third-order valence-corrected chi connectivity index (χ3v) is 3.60. The van der Waals surface area contributed by atoms with Gasteiger partial charge in [0.1, 0.15) is 5.82 Å². The van der Waals surface area contributed by atoms with Gasteiger partial charge in [-0.2, -0.15) is 0 Å². The molecule has 0 radical (unpaired) electrons. The zero-order valence-electron chi connectivity index (χ0n) is 11.5. The van der Waals surface area contributed by atoms with E-state index in [0.29, 0.717) is 5.92 Å². The van der Waals surface area contributed by atoms with Crippen LogP contribution in [-0.2, 0) is 17.7 Å². The van der Waals surface area contributed by atoms with Gasteiger partial charge in [0.25, 0.3) is 0 Å². The van der Waals surface area contributed by atoms with E-state index < -0.39 is 0 Å². The Labute approximate surface area is 119 Å². The number of rotatable bonds is 4. The van der Waals surface area contributed by atoms with Crippen LogP contribution >= 0.6 is 0 Å². The molecule has 1 fully saturated rings. The molecular weight excluding hydrogens is 252 g/mol. The maximum Gasteiger partial charge on any atom is 0.120 e. The Morgan fingerprint density at radius 2 is 2.40 bits per heavy atom. The van der Waals surface area contributed by atoms with Crippen molar-refractivity contribution in [3.05, 3.63) is 48.3 Å². The second-order valence-electron chi connectivity index (χ2n) is 5.28. The van der Waals surface area contributed by atoms with Crippen molar-refractivity contribution >= 4 is 0 Å². The first-order chi connectivity index (χ1) is 9.90. The van der Waals surface area contributed by atoms with Gasteiger partial charge in [0.15, 0.2) is 0 Å². The van der Waals surface area contributed by atoms with Crippen LogP contribution in [0.5, 0.6) is 0 Å². The summed E-state index contributed by atoms with van der Waals surface area (Å²) in [5.74, 6) is 1.53. The highest BCUT2D eigenvalue weighted by atomic mass is 16.5. The lowest BCUT2D eigenvalue weighted by molar-refractivity contribution is 0.121. The zero-order chi connectivity index (χ0) is 13.6. The molecule has 0 bridgehead atoms. The summed E-state index contributed by atoms with van der Waals surface area (Å²) in [5.41, 5.74) is 1.28. The van der Waals surface area contributed by atoms with Crippen LogP contribution in [0.15, 0.2) is 36.9 Å². The molecule has 1 aliphatic heterocycles. The molecule has 0 amide bonds. The molecule has 20 heavy (non-hydrogen) atoms. The van der Waals surface area contributed by atoms with E-state index in [1.54, 1.807) is 6.20 Å². The highest BCUT2D eigenvalue weighted by molar-refractivity contribution is 5.09. The van der Waals surface area contributed by atoms with E-state index in [1.165, 1.54) is 5.56 Å². The first kappa shape index (κ1) is 13.3. The van der Waals surface area contributed by atoms with Crippen molar-refractivity contribution in [2.75, 3.05) is 26.3 Å². The molecule has 2 aromatic rings. The number of nitrogens with one attached hydrogen (secondary N) is 1. The van der Waals surface area contributed by atoms with Gasteiger partial charge >= 0.3 is 0 Å². The Morgan fingerprint density at radius 1 is 1.40 bits per heavy atom. The molecule has 1 saturated heterocycles. The standard InChI is InChI=1S/C15H20N4O/c1-2-13(9-16-3-1)8-14-10-19(6-7-20-12-14)11-15-17-4-5-18-15/h1-5,9,14H,6-8,10-12H2,(H,17,18)/t14-/m0/s1. The fourth-order valence-electron chi connectivity index (χ4n) is 2.67. The van der Waals surface area contributed by atoms with Gasteiger partial charge < -0.3 is 9.72 Å². The van der Waals surface area contributed by atoms with E-state index in [9.17, 15) is 0 Å². The quantitative estimate of drug-likeness (QED) is 0.916. The molecule has 1 atom stereocenters. The summed E-state index contributed by atoms with van der Waals surface area (Å²) in [6.07, 6.45) is 8.45. The topological polar surface area (TPSA) is 54.0 Å². The van der Waals surface area contributed by atoms with Crippen LogP contribution in [-0.4, -0.2) is 46.2 Å². The molecule has 0 aliphatic carbocycles. The fraction of sp³-hybridized carbons (Fsp3) is 0.467. The lowest BCUT2D eigenvalue weighted by Crippen LogP contribution is -2.30. The van der Waals surface area contributed by atoms with Crippen molar-refractivity contribution in [2.24, 2.45) is 5.92 Å². The van der Waals surface area contributed by atoms with Crippen LogP contribution < -0.4 is 0 Å². The molecule has 1 N–H and O–H groups in total. The number of aromatic nitrogens is 3. The molecule has 3 rings (SSSR count). The average molecular weight is 272 g/mol. The number of ether oxygens (including phenoxy) is 1. The van der Waals surface area contributed by atoms with Crippen molar-refractivity contribution in [3.8, 4) is 0 Å². The number of H-pyrrole nitrogens is 1. The molecular formula is C15H20N4O. The number of pyridine rings is 1. The molecule has 5 heteroatoms. The van der Waals surface area contributed by atoms with Crippen LogP contribution in [0.2, 0.25) is 0 Å². The summed E-state index contributed by atoms with van der Waals surface area (Å²) >= 11 is 0. The van der Waals surface area contributed by atoms with E-state index in [2.05, 4.69) is 25.9 Å². The molecule has 106 valence electrons. The largest absolute Gasteiger partial charge is 0.380 e. The predicted octanol–water partition coefficient (Wildman–Crippen LogP) is 1.50. The molecule has 3 heterocycles. The number of hydrogen-bond acceptors (Lipinski definition) is 4.